The lowest BCUT2D eigenvalue weighted by Gasteiger charge is -2.38. The first-order chi connectivity index (χ1) is 9.39. The van der Waals surface area contributed by atoms with Crippen molar-refractivity contribution in [3.63, 3.8) is 0 Å². The first-order valence-electron chi connectivity index (χ1n) is 6.95. The Morgan fingerprint density at radius 2 is 2.15 bits per heavy atom. The summed E-state index contributed by atoms with van der Waals surface area (Å²) < 4.78 is 0.343. The fraction of sp³-hybridized carbons (Fsp3) is 0.600. The molecule has 1 unspecified atom stereocenters. The van der Waals surface area contributed by atoms with Gasteiger partial charge in [0.2, 0.25) is 0 Å². The minimum absolute atomic E-state index is 0.0566. The summed E-state index contributed by atoms with van der Waals surface area (Å²) in [5, 5.41) is 1.17. The molecule has 0 saturated carbocycles. The second-order valence-corrected chi connectivity index (χ2v) is 8.51. The van der Waals surface area contributed by atoms with Gasteiger partial charge >= 0.3 is 0 Å². The molecule has 1 aromatic carbocycles. The maximum Gasteiger partial charge on any atom is 0.0640 e. The van der Waals surface area contributed by atoms with E-state index in [-0.39, 0.29) is 6.04 Å². The summed E-state index contributed by atoms with van der Waals surface area (Å²) in [7, 11) is 0. The standard InChI is InChI=1S/C15H22Cl2N2S/c1-15(2)10-19(8-9-20-15)7-6-13(18)11-4-3-5-12(16)14(11)17/h3-5,13H,6-10,18H2,1-2H3. The number of nitrogens with two attached hydrogens (primary N) is 1. The van der Waals surface area contributed by atoms with E-state index in [9.17, 15) is 0 Å². The van der Waals surface area contributed by atoms with Crippen LogP contribution in [0, 0.1) is 0 Å². The predicted octanol–water partition coefficient (Wildman–Crippen LogP) is 4.21. The van der Waals surface area contributed by atoms with Crippen LogP contribution in [0.15, 0.2) is 18.2 Å². The van der Waals surface area contributed by atoms with E-state index in [4.69, 9.17) is 28.9 Å². The second-order valence-electron chi connectivity index (χ2n) is 5.92. The molecule has 0 aliphatic carbocycles. The Morgan fingerprint density at radius 3 is 2.85 bits per heavy atom. The van der Waals surface area contributed by atoms with Crippen LogP contribution >= 0.6 is 35.0 Å². The molecule has 20 heavy (non-hydrogen) atoms. The second kappa shape index (κ2) is 6.89. The normalized spacial score (nSPS) is 20.9. The fourth-order valence-electron chi connectivity index (χ4n) is 2.59. The van der Waals surface area contributed by atoms with E-state index in [0.29, 0.717) is 14.8 Å². The summed E-state index contributed by atoms with van der Waals surface area (Å²) in [4.78, 5) is 2.49. The van der Waals surface area contributed by atoms with E-state index in [1.54, 1.807) is 6.07 Å². The van der Waals surface area contributed by atoms with Crippen molar-refractivity contribution in [1.29, 1.82) is 0 Å². The van der Waals surface area contributed by atoms with Gasteiger partial charge in [0.05, 0.1) is 10.0 Å². The van der Waals surface area contributed by atoms with Gasteiger partial charge in [-0.05, 0) is 31.9 Å². The first-order valence-corrected chi connectivity index (χ1v) is 8.69. The van der Waals surface area contributed by atoms with Gasteiger partial charge in [-0.1, -0.05) is 35.3 Å². The van der Waals surface area contributed by atoms with E-state index >= 15 is 0 Å². The number of hydrogen-bond acceptors (Lipinski definition) is 3. The third-order valence-corrected chi connectivity index (χ3v) is 5.77. The molecule has 5 heteroatoms. The first kappa shape index (κ1) is 16.4. The Labute approximate surface area is 136 Å². The van der Waals surface area contributed by atoms with Gasteiger partial charge in [-0.25, -0.2) is 0 Å². The summed E-state index contributed by atoms with van der Waals surface area (Å²) in [6.07, 6.45) is 0.904. The average molecular weight is 333 g/mol. The molecule has 0 aromatic heterocycles. The zero-order chi connectivity index (χ0) is 14.8. The van der Waals surface area contributed by atoms with Gasteiger partial charge in [-0.15, -0.1) is 0 Å². The molecule has 1 atom stereocenters. The molecule has 2 nitrogen and oxygen atoms in total. The molecule has 0 bridgehead atoms. The smallest absolute Gasteiger partial charge is 0.0640 e. The average Bonchev–Trinajstić information content (AvgIpc) is 2.38. The van der Waals surface area contributed by atoms with E-state index in [0.717, 1.165) is 31.6 Å². The molecule has 0 radical (unpaired) electrons. The Kier molecular flexibility index (Phi) is 5.66. The predicted molar refractivity (Wildman–Crippen MR) is 91.0 cm³/mol. The van der Waals surface area contributed by atoms with Gasteiger partial charge in [-0.3, -0.25) is 0 Å². The van der Waals surface area contributed by atoms with Gasteiger partial charge in [-0.2, -0.15) is 11.8 Å². The van der Waals surface area contributed by atoms with Gasteiger partial charge in [0.15, 0.2) is 0 Å². The number of benzene rings is 1. The Morgan fingerprint density at radius 1 is 1.40 bits per heavy atom. The van der Waals surface area contributed by atoms with E-state index in [2.05, 4.69) is 18.7 Å². The molecule has 2 N–H and O–H groups in total. The molecule has 1 fully saturated rings. The summed E-state index contributed by atoms with van der Waals surface area (Å²) in [5.74, 6) is 1.19. The van der Waals surface area contributed by atoms with Crippen LogP contribution in [-0.2, 0) is 0 Å². The van der Waals surface area contributed by atoms with Gasteiger partial charge in [0.25, 0.3) is 0 Å². The minimum Gasteiger partial charge on any atom is -0.324 e. The lowest BCUT2D eigenvalue weighted by atomic mass is 10.0. The summed E-state index contributed by atoms with van der Waals surface area (Å²) in [6, 6.07) is 5.61. The summed E-state index contributed by atoms with van der Waals surface area (Å²) >= 11 is 14.3. The molecule has 1 aliphatic rings. The molecule has 112 valence electrons. The zero-order valence-corrected chi connectivity index (χ0v) is 14.4. The maximum atomic E-state index is 6.27. The summed E-state index contributed by atoms with van der Waals surface area (Å²) in [6.45, 7) is 7.88. The molecule has 0 spiro atoms. The van der Waals surface area contributed by atoms with Gasteiger partial charge in [0, 0.05) is 36.2 Å². The quantitative estimate of drug-likeness (QED) is 0.895. The lowest BCUT2D eigenvalue weighted by Crippen LogP contribution is -2.43. The van der Waals surface area contributed by atoms with Crippen molar-refractivity contribution >= 4 is 35.0 Å². The van der Waals surface area contributed by atoms with E-state index in [1.807, 2.05) is 23.9 Å². The topological polar surface area (TPSA) is 29.3 Å². The number of rotatable bonds is 4. The van der Waals surface area contributed by atoms with Crippen LogP contribution in [0.25, 0.3) is 0 Å². The number of thioether (sulfide) groups is 1. The minimum atomic E-state index is -0.0566. The van der Waals surface area contributed by atoms with Crippen LogP contribution in [0.5, 0.6) is 0 Å². The molecular formula is C15H22Cl2N2S. The Bertz CT molecular complexity index is 465. The lowest BCUT2D eigenvalue weighted by molar-refractivity contribution is 0.251. The number of halogens is 2. The maximum absolute atomic E-state index is 6.27. The van der Waals surface area contributed by atoms with Crippen molar-refractivity contribution < 1.29 is 0 Å². The molecule has 1 aliphatic heterocycles. The van der Waals surface area contributed by atoms with Crippen LogP contribution < -0.4 is 5.73 Å². The zero-order valence-electron chi connectivity index (χ0n) is 12.0. The van der Waals surface area contributed by atoms with Crippen LogP contribution in [0.4, 0.5) is 0 Å². The van der Waals surface area contributed by atoms with Crippen molar-refractivity contribution in [3.05, 3.63) is 33.8 Å². The highest BCUT2D eigenvalue weighted by Crippen LogP contribution is 2.32. The number of nitrogens with zero attached hydrogens (tertiary/aromatic N) is 1. The van der Waals surface area contributed by atoms with Crippen molar-refractivity contribution in [3.8, 4) is 0 Å². The van der Waals surface area contributed by atoms with Crippen LogP contribution in [0.2, 0.25) is 10.0 Å². The molecule has 1 aromatic rings. The van der Waals surface area contributed by atoms with Crippen LogP contribution in [0.1, 0.15) is 31.9 Å². The molecule has 2 rings (SSSR count). The molecule has 1 heterocycles. The SMILES string of the molecule is CC1(C)CN(CCC(N)c2cccc(Cl)c2Cl)CCS1. The van der Waals surface area contributed by atoms with Crippen LogP contribution in [-0.4, -0.2) is 35.0 Å². The monoisotopic (exact) mass is 332 g/mol. The molecule has 1 saturated heterocycles. The molecular weight excluding hydrogens is 311 g/mol. The van der Waals surface area contributed by atoms with Crippen molar-refractivity contribution in [2.75, 3.05) is 25.4 Å². The third-order valence-electron chi connectivity index (χ3n) is 3.64. The third kappa shape index (κ3) is 4.28. The van der Waals surface area contributed by atoms with Gasteiger partial charge < -0.3 is 10.6 Å². The van der Waals surface area contributed by atoms with Gasteiger partial charge in [0.1, 0.15) is 0 Å². The fourth-order valence-corrected chi connectivity index (χ4v) is 4.21. The van der Waals surface area contributed by atoms with Crippen LogP contribution in [0.3, 0.4) is 0 Å². The molecule has 0 amide bonds. The number of hydrogen-bond donors (Lipinski definition) is 1. The highest BCUT2D eigenvalue weighted by molar-refractivity contribution is 8.00. The Hall–Kier alpha value is 0.0700. The highest BCUT2D eigenvalue weighted by atomic mass is 35.5. The summed E-state index contributed by atoms with van der Waals surface area (Å²) in [5.41, 5.74) is 7.22. The van der Waals surface area contributed by atoms with Crippen molar-refractivity contribution in [2.45, 2.75) is 31.1 Å². The highest BCUT2D eigenvalue weighted by Gasteiger charge is 2.27. The van der Waals surface area contributed by atoms with Crippen molar-refractivity contribution in [2.24, 2.45) is 5.73 Å². The van der Waals surface area contributed by atoms with E-state index in [1.165, 1.54) is 5.75 Å². The van der Waals surface area contributed by atoms with E-state index < -0.39 is 0 Å². The largest absolute Gasteiger partial charge is 0.324 e. The Balaban J connectivity index is 1.92. The van der Waals surface area contributed by atoms with Crippen molar-refractivity contribution in [1.82, 2.24) is 4.90 Å².